The van der Waals surface area contributed by atoms with Crippen molar-refractivity contribution in [2.45, 2.75) is 6.54 Å². The second-order valence-corrected chi connectivity index (χ2v) is 7.70. The van der Waals surface area contributed by atoms with Crippen molar-refractivity contribution in [3.63, 3.8) is 0 Å². The van der Waals surface area contributed by atoms with Gasteiger partial charge in [0.1, 0.15) is 0 Å². The maximum atomic E-state index is 12.9. The molecule has 0 spiro atoms. The van der Waals surface area contributed by atoms with Gasteiger partial charge < -0.3 is 0 Å². The summed E-state index contributed by atoms with van der Waals surface area (Å²) in [5.41, 5.74) is 4.02. The lowest BCUT2D eigenvalue weighted by Crippen LogP contribution is -2.37. The number of hydrogen-bond donors (Lipinski definition) is 1. The lowest BCUT2D eigenvalue weighted by molar-refractivity contribution is 0.702. The minimum Gasteiger partial charge on any atom is -0.298 e. The SMILES string of the molecule is Cn1c(=O)c2c(nc(N/N=C/c3c(Cl)cccc3Cl)n2Cc2ccccc2)n(C)c1=O. The average molecular weight is 457 g/mol. The van der Waals surface area contributed by atoms with Gasteiger partial charge in [-0.05, 0) is 17.7 Å². The second-order valence-electron chi connectivity index (χ2n) is 6.89. The van der Waals surface area contributed by atoms with Crippen molar-refractivity contribution in [2.24, 2.45) is 19.2 Å². The molecule has 0 radical (unpaired) electrons. The minimum absolute atomic E-state index is 0.262. The van der Waals surface area contributed by atoms with E-state index in [4.69, 9.17) is 23.2 Å². The van der Waals surface area contributed by atoms with Crippen LogP contribution in [0.5, 0.6) is 0 Å². The number of halogens is 2. The molecule has 0 aliphatic heterocycles. The molecule has 158 valence electrons. The van der Waals surface area contributed by atoms with E-state index in [0.29, 0.717) is 33.6 Å². The molecule has 31 heavy (non-hydrogen) atoms. The van der Waals surface area contributed by atoms with Gasteiger partial charge >= 0.3 is 5.69 Å². The van der Waals surface area contributed by atoms with E-state index in [1.165, 1.54) is 17.8 Å². The Morgan fingerprint density at radius 3 is 2.35 bits per heavy atom. The van der Waals surface area contributed by atoms with Crippen molar-refractivity contribution >= 4 is 46.5 Å². The molecular formula is C21H18Cl2N6O2. The van der Waals surface area contributed by atoms with Crippen molar-refractivity contribution in [2.75, 3.05) is 5.43 Å². The molecule has 0 atom stereocenters. The van der Waals surface area contributed by atoms with Gasteiger partial charge in [0.25, 0.3) is 5.56 Å². The van der Waals surface area contributed by atoms with Gasteiger partial charge in [-0.15, -0.1) is 0 Å². The Kier molecular flexibility index (Phi) is 5.67. The van der Waals surface area contributed by atoms with E-state index in [-0.39, 0.29) is 5.65 Å². The molecule has 0 fully saturated rings. The zero-order valence-electron chi connectivity index (χ0n) is 16.7. The van der Waals surface area contributed by atoms with Crippen molar-refractivity contribution in [1.82, 2.24) is 18.7 Å². The zero-order valence-corrected chi connectivity index (χ0v) is 18.2. The first-order valence-electron chi connectivity index (χ1n) is 9.31. The first-order chi connectivity index (χ1) is 14.9. The highest BCUT2D eigenvalue weighted by Crippen LogP contribution is 2.23. The maximum absolute atomic E-state index is 12.9. The monoisotopic (exact) mass is 456 g/mol. The van der Waals surface area contributed by atoms with Gasteiger partial charge in [0.05, 0.1) is 22.8 Å². The molecule has 0 aliphatic rings. The lowest BCUT2D eigenvalue weighted by atomic mass is 10.2. The molecule has 8 nitrogen and oxygen atoms in total. The maximum Gasteiger partial charge on any atom is 0.332 e. The Morgan fingerprint density at radius 1 is 1.00 bits per heavy atom. The van der Waals surface area contributed by atoms with Crippen LogP contribution in [0, 0.1) is 0 Å². The van der Waals surface area contributed by atoms with Crippen LogP contribution < -0.4 is 16.7 Å². The van der Waals surface area contributed by atoms with Gasteiger partial charge in [-0.25, -0.2) is 10.2 Å². The Balaban J connectivity index is 1.84. The average Bonchev–Trinajstić information content (AvgIpc) is 3.12. The van der Waals surface area contributed by atoms with Crippen LogP contribution in [0.4, 0.5) is 5.95 Å². The number of nitrogens with one attached hydrogen (secondary N) is 1. The molecule has 4 aromatic rings. The molecule has 0 unspecified atom stereocenters. The Hall–Kier alpha value is -3.36. The molecule has 2 aromatic heterocycles. The second kappa shape index (κ2) is 8.41. The van der Waals surface area contributed by atoms with Crippen LogP contribution >= 0.6 is 23.2 Å². The van der Waals surface area contributed by atoms with Crippen LogP contribution in [-0.2, 0) is 20.6 Å². The van der Waals surface area contributed by atoms with Crippen LogP contribution in [-0.4, -0.2) is 24.9 Å². The molecule has 0 amide bonds. The fraction of sp³-hybridized carbons (Fsp3) is 0.143. The molecule has 0 saturated heterocycles. The number of rotatable bonds is 5. The van der Waals surface area contributed by atoms with Crippen LogP contribution in [0.2, 0.25) is 10.0 Å². The number of fused-ring (bicyclic) bond motifs is 1. The number of anilines is 1. The molecular weight excluding hydrogens is 439 g/mol. The number of nitrogens with zero attached hydrogens (tertiary/aromatic N) is 5. The quantitative estimate of drug-likeness (QED) is 0.368. The summed E-state index contributed by atoms with van der Waals surface area (Å²) in [6.45, 7) is 0.357. The number of imidazole rings is 1. The lowest BCUT2D eigenvalue weighted by Gasteiger charge is -2.09. The topological polar surface area (TPSA) is 86.2 Å². The van der Waals surface area contributed by atoms with E-state index < -0.39 is 11.2 Å². The van der Waals surface area contributed by atoms with Gasteiger partial charge in [0.2, 0.25) is 5.95 Å². The largest absolute Gasteiger partial charge is 0.332 e. The Morgan fingerprint density at radius 2 is 1.68 bits per heavy atom. The standard InChI is InChI=1S/C21H18Cl2N6O2/c1-27-18-17(19(30)28(2)21(27)31)29(12-13-7-4-3-5-8-13)20(25-18)26-24-11-14-15(22)9-6-10-16(14)23/h3-11H,12H2,1-2H3,(H,25,26)/b24-11+. The van der Waals surface area contributed by atoms with Crippen molar-refractivity contribution in [3.05, 3.63) is 90.5 Å². The normalized spacial score (nSPS) is 11.5. The summed E-state index contributed by atoms with van der Waals surface area (Å²) in [7, 11) is 3.01. The number of aromatic nitrogens is 4. The Bertz CT molecular complexity index is 1400. The fourth-order valence-corrected chi connectivity index (χ4v) is 3.74. The number of hydrogen-bond acceptors (Lipinski definition) is 5. The number of benzene rings is 2. The molecule has 0 bridgehead atoms. The summed E-state index contributed by atoms with van der Waals surface area (Å²) in [6, 6.07) is 14.8. The highest BCUT2D eigenvalue weighted by atomic mass is 35.5. The summed E-state index contributed by atoms with van der Waals surface area (Å²) in [6.07, 6.45) is 1.48. The van der Waals surface area contributed by atoms with E-state index in [1.54, 1.807) is 29.8 Å². The van der Waals surface area contributed by atoms with Gasteiger partial charge in [-0.2, -0.15) is 10.1 Å². The van der Waals surface area contributed by atoms with Gasteiger partial charge in [-0.3, -0.25) is 18.5 Å². The summed E-state index contributed by atoms with van der Waals surface area (Å²) >= 11 is 12.4. The molecule has 1 N–H and O–H groups in total. The van der Waals surface area contributed by atoms with E-state index in [1.807, 2.05) is 30.3 Å². The van der Waals surface area contributed by atoms with E-state index in [0.717, 1.165) is 10.1 Å². The van der Waals surface area contributed by atoms with Gasteiger partial charge in [0, 0.05) is 19.7 Å². The smallest absolute Gasteiger partial charge is 0.298 e. The summed E-state index contributed by atoms with van der Waals surface area (Å²) in [5, 5.41) is 5.11. The fourth-order valence-electron chi connectivity index (χ4n) is 3.24. The summed E-state index contributed by atoms with van der Waals surface area (Å²) in [5.74, 6) is 0.302. The molecule has 0 aliphatic carbocycles. The molecule has 10 heteroatoms. The number of hydrazone groups is 1. The third-order valence-corrected chi connectivity index (χ3v) is 5.55. The first-order valence-corrected chi connectivity index (χ1v) is 10.1. The molecule has 2 heterocycles. The van der Waals surface area contributed by atoms with Crippen LogP contribution in [0.1, 0.15) is 11.1 Å². The predicted molar refractivity (Wildman–Crippen MR) is 123 cm³/mol. The minimum atomic E-state index is -0.459. The van der Waals surface area contributed by atoms with Crippen molar-refractivity contribution in [1.29, 1.82) is 0 Å². The number of aryl methyl sites for hydroxylation is 1. The molecule has 2 aromatic carbocycles. The van der Waals surface area contributed by atoms with E-state index in [2.05, 4.69) is 15.5 Å². The van der Waals surface area contributed by atoms with Gasteiger partial charge in [0.15, 0.2) is 11.2 Å². The summed E-state index contributed by atoms with van der Waals surface area (Å²) < 4.78 is 4.08. The zero-order chi connectivity index (χ0) is 22.1. The van der Waals surface area contributed by atoms with Gasteiger partial charge in [-0.1, -0.05) is 59.6 Å². The highest BCUT2D eigenvalue weighted by Gasteiger charge is 2.19. The Labute approximate surface area is 187 Å². The third kappa shape index (κ3) is 3.87. The predicted octanol–water partition coefficient (Wildman–Crippen LogP) is 3.23. The van der Waals surface area contributed by atoms with E-state index >= 15 is 0 Å². The first kappa shape index (κ1) is 20.9. The van der Waals surface area contributed by atoms with Crippen LogP contribution in [0.25, 0.3) is 11.2 Å². The van der Waals surface area contributed by atoms with Crippen LogP contribution in [0.3, 0.4) is 0 Å². The third-order valence-electron chi connectivity index (χ3n) is 4.89. The van der Waals surface area contributed by atoms with Crippen molar-refractivity contribution in [3.8, 4) is 0 Å². The van der Waals surface area contributed by atoms with Crippen molar-refractivity contribution < 1.29 is 0 Å². The van der Waals surface area contributed by atoms with Crippen LogP contribution in [0.15, 0.2) is 63.2 Å². The van der Waals surface area contributed by atoms with E-state index in [9.17, 15) is 9.59 Å². The summed E-state index contributed by atoms with van der Waals surface area (Å²) in [4.78, 5) is 29.7. The highest BCUT2D eigenvalue weighted by molar-refractivity contribution is 6.38. The molecule has 0 saturated carbocycles. The molecule has 4 rings (SSSR count).